The highest BCUT2D eigenvalue weighted by Crippen LogP contribution is 2.31. The summed E-state index contributed by atoms with van der Waals surface area (Å²) >= 11 is 0. The van der Waals surface area contributed by atoms with Crippen LogP contribution in [-0.2, 0) is 0 Å². The number of carbonyl (C=O) groups excluding carboxylic acids is 1. The normalized spacial score (nSPS) is 24.3. The van der Waals surface area contributed by atoms with Gasteiger partial charge in [0.1, 0.15) is 0 Å². The van der Waals surface area contributed by atoms with Crippen LogP contribution >= 0.6 is 0 Å². The van der Waals surface area contributed by atoms with Gasteiger partial charge >= 0.3 is 0 Å². The van der Waals surface area contributed by atoms with E-state index in [1.54, 1.807) is 29.3 Å². The zero-order chi connectivity index (χ0) is 12.5. The molecule has 0 aromatic carbocycles. The number of hydrogen-bond acceptors (Lipinski definition) is 3. The van der Waals surface area contributed by atoms with Gasteiger partial charge in [0, 0.05) is 18.3 Å². The Bertz CT molecular complexity index is 567. The Hall–Kier alpha value is -1.71. The monoisotopic (exact) mass is 243 g/mol. The van der Waals surface area contributed by atoms with Crippen molar-refractivity contribution in [2.45, 2.75) is 32.6 Å². The van der Waals surface area contributed by atoms with Gasteiger partial charge < -0.3 is 0 Å². The van der Waals surface area contributed by atoms with Crippen LogP contribution in [0, 0.1) is 11.8 Å². The van der Waals surface area contributed by atoms with E-state index in [-0.39, 0.29) is 11.7 Å². The summed E-state index contributed by atoms with van der Waals surface area (Å²) in [6.07, 6.45) is 11.2. The van der Waals surface area contributed by atoms with Gasteiger partial charge in [-0.05, 0) is 18.8 Å². The van der Waals surface area contributed by atoms with Gasteiger partial charge in [-0.15, -0.1) is 0 Å². The lowest BCUT2D eigenvalue weighted by Crippen LogP contribution is -2.20. The van der Waals surface area contributed by atoms with E-state index in [0.717, 1.165) is 42.7 Å². The number of Topliss-reactive ketones (excluding diaryl/α,β-unsaturated/α-hetero) is 1. The molecule has 0 atom stereocenters. The second-order valence-electron chi connectivity index (χ2n) is 5.29. The Morgan fingerprint density at radius 2 is 2.06 bits per heavy atom. The minimum absolute atomic E-state index is 0.175. The van der Waals surface area contributed by atoms with Crippen molar-refractivity contribution >= 4 is 11.3 Å². The number of aromatic nitrogens is 3. The molecule has 3 rings (SSSR count). The fraction of sp³-hybridized carbons (Fsp3) is 0.500. The van der Waals surface area contributed by atoms with Gasteiger partial charge in [-0.2, -0.15) is 5.10 Å². The summed E-state index contributed by atoms with van der Waals surface area (Å²) in [5.74, 6) is 1.18. The lowest BCUT2D eigenvalue weighted by molar-refractivity contribution is 0.0877. The van der Waals surface area contributed by atoms with Gasteiger partial charge in [0.05, 0.1) is 23.5 Å². The molecule has 94 valence electrons. The standard InChI is InChI=1S/C14H17N3O/c1-10-2-4-11(5-3-10)14(18)12-8-16-17-7-6-15-9-13(12)17/h6-11H,2-5H2,1H3. The molecule has 1 aliphatic rings. The summed E-state index contributed by atoms with van der Waals surface area (Å²) in [7, 11) is 0. The van der Waals surface area contributed by atoms with E-state index in [1.165, 1.54) is 0 Å². The predicted octanol–water partition coefficient (Wildman–Crippen LogP) is 2.74. The maximum Gasteiger partial charge on any atom is 0.169 e. The number of hydrogen-bond donors (Lipinski definition) is 0. The maximum absolute atomic E-state index is 12.5. The van der Waals surface area contributed by atoms with Crippen LogP contribution in [0.5, 0.6) is 0 Å². The molecule has 2 heterocycles. The topological polar surface area (TPSA) is 47.3 Å². The van der Waals surface area contributed by atoms with Gasteiger partial charge in [0.15, 0.2) is 5.78 Å². The molecule has 0 amide bonds. The highest BCUT2D eigenvalue weighted by Gasteiger charge is 2.27. The minimum Gasteiger partial charge on any atom is -0.294 e. The quantitative estimate of drug-likeness (QED) is 0.762. The Morgan fingerprint density at radius 3 is 2.83 bits per heavy atom. The minimum atomic E-state index is 0.175. The van der Waals surface area contributed by atoms with E-state index in [1.807, 2.05) is 0 Å². The van der Waals surface area contributed by atoms with Gasteiger partial charge in [-0.1, -0.05) is 19.8 Å². The van der Waals surface area contributed by atoms with Crippen molar-refractivity contribution in [3.63, 3.8) is 0 Å². The average Bonchev–Trinajstić information content (AvgIpc) is 2.82. The fourth-order valence-electron chi connectivity index (χ4n) is 2.77. The maximum atomic E-state index is 12.5. The van der Waals surface area contributed by atoms with E-state index < -0.39 is 0 Å². The lowest BCUT2D eigenvalue weighted by Gasteiger charge is -2.24. The molecule has 0 radical (unpaired) electrons. The van der Waals surface area contributed by atoms with Gasteiger partial charge in [0.2, 0.25) is 0 Å². The molecule has 18 heavy (non-hydrogen) atoms. The molecule has 4 nitrogen and oxygen atoms in total. The summed E-state index contributed by atoms with van der Waals surface area (Å²) in [6, 6.07) is 0. The van der Waals surface area contributed by atoms with Crippen LogP contribution in [0.2, 0.25) is 0 Å². The largest absolute Gasteiger partial charge is 0.294 e. The molecule has 0 N–H and O–H groups in total. The first-order valence-electron chi connectivity index (χ1n) is 6.57. The summed E-state index contributed by atoms with van der Waals surface area (Å²) < 4.78 is 1.71. The molecule has 1 aliphatic carbocycles. The molecule has 0 unspecified atom stereocenters. The van der Waals surface area contributed by atoms with Crippen LogP contribution in [0.1, 0.15) is 43.0 Å². The highest BCUT2D eigenvalue weighted by molar-refractivity contribution is 6.03. The third-order valence-electron chi connectivity index (χ3n) is 3.98. The van der Waals surface area contributed by atoms with Crippen LogP contribution in [0.3, 0.4) is 0 Å². The molecule has 0 bridgehead atoms. The van der Waals surface area contributed by atoms with Crippen molar-refractivity contribution in [2.75, 3.05) is 0 Å². The van der Waals surface area contributed by atoms with E-state index in [4.69, 9.17) is 0 Å². The Labute approximate surface area is 106 Å². The molecular formula is C14H17N3O. The van der Waals surface area contributed by atoms with Gasteiger partial charge in [-0.25, -0.2) is 4.52 Å². The number of ketones is 1. The van der Waals surface area contributed by atoms with E-state index in [0.29, 0.717) is 0 Å². The van der Waals surface area contributed by atoms with E-state index >= 15 is 0 Å². The molecule has 2 aromatic rings. The molecule has 0 spiro atoms. The first kappa shape index (κ1) is 11.4. The number of carbonyl (C=O) groups is 1. The number of fused-ring (bicyclic) bond motifs is 1. The molecule has 1 saturated carbocycles. The molecule has 2 aromatic heterocycles. The molecule has 4 heteroatoms. The Balaban J connectivity index is 1.88. The smallest absolute Gasteiger partial charge is 0.169 e. The van der Waals surface area contributed by atoms with Crippen LogP contribution in [0.15, 0.2) is 24.8 Å². The van der Waals surface area contributed by atoms with Crippen LogP contribution in [-0.4, -0.2) is 20.4 Å². The Kier molecular flexibility index (Phi) is 2.86. The summed E-state index contributed by atoms with van der Waals surface area (Å²) in [5.41, 5.74) is 1.55. The molecular weight excluding hydrogens is 226 g/mol. The second-order valence-corrected chi connectivity index (χ2v) is 5.29. The summed E-state index contributed by atoms with van der Waals surface area (Å²) in [5, 5.41) is 4.21. The molecule has 0 aliphatic heterocycles. The van der Waals surface area contributed by atoms with Crippen LogP contribution < -0.4 is 0 Å². The first-order valence-corrected chi connectivity index (χ1v) is 6.57. The van der Waals surface area contributed by atoms with Crippen molar-refractivity contribution in [1.82, 2.24) is 14.6 Å². The SMILES string of the molecule is CC1CCC(C(=O)c2cnn3ccncc23)CC1. The third-order valence-corrected chi connectivity index (χ3v) is 3.98. The van der Waals surface area contributed by atoms with E-state index in [2.05, 4.69) is 17.0 Å². The van der Waals surface area contributed by atoms with Crippen LogP contribution in [0.25, 0.3) is 5.52 Å². The summed E-state index contributed by atoms with van der Waals surface area (Å²) in [6.45, 7) is 2.26. The average molecular weight is 243 g/mol. The zero-order valence-corrected chi connectivity index (χ0v) is 10.5. The number of rotatable bonds is 2. The van der Waals surface area contributed by atoms with Crippen molar-refractivity contribution < 1.29 is 4.79 Å². The second kappa shape index (κ2) is 4.52. The molecule has 1 fully saturated rings. The summed E-state index contributed by atoms with van der Waals surface area (Å²) in [4.78, 5) is 16.6. The van der Waals surface area contributed by atoms with Crippen molar-refractivity contribution in [1.29, 1.82) is 0 Å². The fourth-order valence-corrected chi connectivity index (χ4v) is 2.77. The zero-order valence-electron chi connectivity index (χ0n) is 10.5. The lowest BCUT2D eigenvalue weighted by atomic mass is 9.79. The van der Waals surface area contributed by atoms with E-state index in [9.17, 15) is 4.79 Å². The van der Waals surface area contributed by atoms with Gasteiger partial charge in [0.25, 0.3) is 0 Å². The molecule has 0 saturated heterocycles. The van der Waals surface area contributed by atoms with Crippen molar-refractivity contribution in [2.24, 2.45) is 11.8 Å². The first-order chi connectivity index (χ1) is 8.75. The van der Waals surface area contributed by atoms with Crippen LogP contribution in [0.4, 0.5) is 0 Å². The predicted molar refractivity (Wildman–Crippen MR) is 68.4 cm³/mol. The van der Waals surface area contributed by atoms with Crippen molar-refractivity contribution in [3.8, 4) is 0 Å². The van der Waals surface area contributed by atoms with Gasteiger partial charge in [-0.3, -0.25) is 9.78 Å². The Morgan fingerprint density at radius 1 is 1.28 bits per heavy atom. The van der Waals surface area contributed by atoms with Crippen molar-refractivity contribution in [3.05, 3.63) is 30.4 Å². The number of nitrogens with zero attached hydrogens (tertiary/aromatic N) is 3. The highest BCUT2D eigenvalue weighted by atomic mass is 16.1. The third kappa shape index (κ3) is 1.92.